The van der Waals surface area contributed by atoms with Gasteiger partial charge in [-0.15, -0.1) is 0 Å². The molecule has 156 valence electrons. The van der Waals surface area contributed by atoms with Crippen LogP contribution < -0.4 is 20.3 Å². The second-order valence-electron chi connectivity index (χ2n) is 8.22. The van der Waals surface area contributed by atoms with Crippen molar-refractivity contribution in [2.45, 2.75) is 19.9 Å². The summed E-state index contributed by atoms with van der Waals surface area (Å²) in [6.07, 6.45) is 4.57. The number of hydrogen-bond acceptors (Lipinski definition) is 7. The second kappa shape index (κ2) is 7.48. The average molecular weight is 420 g/mol. The minimum atomic E-state index is 0.298. The number of hydrogen-bond donors (Lipinski definition) is 0. The first-order chi connectivity index (χ1) is 15.7. The minimum Gasteiger partial charge on any atom is -0.474 e. The highest BCUT2D eigenvalue weighted by Gasteiger charge is 2.25. The molecule has 2 radical (unpaired) electrons. The summed E-state index contributed by atoms with van der Waals surface area (Å²) in [6.45, 7) is 4.99. The zero-order valence-electron chi connectivity index (χ0n) is 17.8. The molecule has 0 aliphatic carbocycles. The first-order valence-corrected chi connectivity index (χ1v) is 10.8. The molecule has 2 aliphatic rings. The van der Waals surface area contributed by atoms with Crippen LogP contribution in [0.2, 0.25) is 0 Å². The van der Waals surface area contributed by atoms with Gasteiger partial charge in [-0.2, -0.15) is 0 Å². The number of nitrogens with zero attached hydrogens (tertiary/aromatic N) is 6. The SMILES string of the molecule is [B]c1nc(N2CCc3ncc(N4CCOc5ncccc54)cc3C2)c2cc(C)ccc2n1. The van der Waals surface area contributed by atoms with Crippen LogP contribution in [0.5, 0.6) is 5.88 Å². The Morgan fingerprint density at radius 1 is 1.06 bits per heavy atom. The number of ether oxygens (including phenoxy) is 1. The molecule has 32 heavy (non-hydrogen) atoms. The molecule has 0 atom stereocenters. The van der Waals surface area contributed by atoms with Crippen molar-refractivity contribution in [1.82, 2.24) is 19.9 Å². The Morgan fingerprint density at radius 2 is 2.00 bits per heavy atom. The van der Waals surface area contributed by atoms with Crippen LogP contribution in [-0.4, -0.2) is 47.5 Å². The maximum absolute atomic E-state index is 6.05. The highest BCUT2D eigenvalue weighted by Crippen LogP contribution is 2.36. The van der Waals surface area contributed by atoms with E-state index in [-0.39, 0.29) is 0 Å². The van der Waals surface area contributed by atoms with E-state index in [9.17, 15) is 0 Å². The molecule has 3 aromatic heterocycles. The normalized spacial score (nSPS) is 15.3. The lowest BCUT2D eigenvalue weighted by Gasteiger charge is -2.33. The summed E-state index contributed by atoms with van der Waals surface area (Å²) in [4.78, 5) is 22.7. The highest BCUT2D eigenvalue weighted by atomic mass is 16.5. The van der Waals surface area contributed by atoms with Crippen molar-refractivity contribution < 1.29 is 4.74 Å². The van der Waals surface area contributed by atoms with E-state index in [1.807, 2.05) is 24.4 Å². The lowest BCUT2D eigenvalue weighted by Crippen LogP contribution is -2.34. The molecule has 0 spiro atoms. The highest BCUT2D eigenvalue weighted by molar-refractivity contribution is 6.29. The van der Waals surface area contributed by atoms with Gasteiger partial charge in [-0.05, 0) is 42.8 Å². The molecule has 0 saturated carbocycles. The van der Waals surface area contributed by atoms with Crippen molar-refractivity contribution >= 4 is 41.7 Å². The molecule has 0 saturated heterocycles. The topological polar surface area (TPSA) is 67.3 Å². The van der Waals surface area contributed by atoms with Crippen LogP contribution in [0.3, 0.4) is 0 Å². The summed E-state index contributed by atoms with van der Waals surface area (Å²) in [6, 6.07) is 12.4. The monoisotopic (exact) mass is 420 g/mol. The van der Waals surface area contributed by atoms with E-state index in [1.165, 1.54) is 11.1 Å². The molecule has 1 aromatic carbocycles. The predicted octanol–water partition coefficient (Wildman–Crippen LogP) is 2.62. The fourth-order valence-electron chi connectivity index (χ4n) is 4.55. The Kier molecular flexibility index (Phi) is 4.45. The molecule has 0 N–H and O–H groups in total. The Balaban J connectivity index is 1.37. The molecule has 8 heteroatoms. The Labute approximate surface area is 187 Å². The number of benzene rings is 1. The van der Waals surface area contributed by atoms with Gasteiger partial charge in [0.2, 0.25) is 5.88 Å². The Morgan fingerprint density at radius 3 is 2.94 bits per heavy atom. The van der Waals surface area contributed by atoms with Gasteiger partial charge >= 0.3 is 0 Å². The van der Waals surface area contributed by atoms with E-state index in [0.29, 0.717) is 18.2 Å². The van der Waals surface area contributed by atoms with Gasteiger partial charge in [-0.3, -0.25) is 4.98 Å². The van der Waals surface area contributed by atoms with Crippen molar-refractivity contribution in [1.29, 1.82) is 0 Å². The largest absolute Gasteiger partial charge is 0.474 e. The second-order valence-corrected chi connectivity index (χ2v) is 8.22. The van der Waals surface area contributed by atoms with Gasteiger partial charge in [-0.25, -0.2) is 15.0 Å². The molecule has 4 aromatic rings. The average Bonchev–Trinajstić information content (AvgIpc) is 2.83. The molecule has 0 amide bonds. The van der Waals surface area contributed by atoms with Gasteiger partial charge in [0.25, 0.3) is 0 Å². The van der Waals surface area contributed by atoms with Crippen LogP contribution in [0, 0.1) is 6.92 Å². The van der Waals surface area contributed by atoms with E-state index in [0.717, 1.165) is 59.8 Å². The van der Waals surface area contributed by atoms with Gasteiger partial charge in [0, 0.05) is 36.8 Å². The Bertz CT molecular complexity index is 1340. The van der Waals surface area contributed by atoms with E-state index in [4.69, 9.17) is 17.6 Å². The fourth-order valence-corrected chi connectivity index (χ4v) is 4.55. The summed E-state index contributed by atoms with van der Waals surface area (Å²) >= 11 is 0. The third-order valence-corrected chi connectivity index (χ3v) is 6.08. The zero-order valence-corrected chi connectivity index (χ0v) is 17.8. The van der Waals surface area contributed by atoms with Crippen LogP contribution in [-0.2, 0) is 13.0 Å². The van der Waals surface area contributed by atoms with Crippen molar-refractivity contribution in [2.24, 2.45) is 0 Å². The molecule has 7 nitrogen and oxygen atoms in total. The van der Waals surface area contributed by atoms with Crippen molar-refractivity contribution in [3.8, 4) is 5.88 Å². The van der Waals surface area contributed by atoms with Gasteiger partial charge in [0.05, 0.1) is 29.7 Å². The van der Waals surface area contributed by atoms with Gasteiger partial charge in [-0.1, -0.05) is 11.6 Å². The first kappa shape index (κ1) is 19.0. The van der Waals surface area contributed by atoms with Crippen LogP contribution in [0.1, 0.15) is 16.8 Å². The number of pyridine rings is 2. The van der Waals surface area contributed by atoms with Crippen LogP contribution >= 0.6 is 0 Å². The molecular formula is C24H21BN6O. The van der Waals surface area contributed by atoms with Crippen LogP contribution in [0.15, 0.2) is 48.8 Å². The molecule has 0 fully saturated rings. The van der Waals surface area contributed by atoms with E-state index in [2.05, 4.69) is 49.9 Å². The molecule has 0 bridgehead atoms. The summed E-state index contributed by atoms with van der Waals surface area (Å²) in [5, 5.41) is 1.03. The smallest absolute Gasteiger partial charge is 0.237 e. The summed E-state index contributed by atoms with van der Waals surface area (Å²) < 4.78 is 5.72. The standard InChI is InChI=1S/C24H21BN6O/c1-15-4-5-20-18(11-15)22(29-24(25)28-20)30-8-6-19-16(14-30)12-17(13-27-19)31-9-10-32-23-21(31)3-2-7-26-23/h2-5,7,11-13H,6,8-10,14H2,1H3. The van der Waals surface area contributed by atoms with Gasteiger partial charge in [0.1, 0.15) is 18.1 Å². The summed E-state index contributed by atoms with van der Waals surface area (Å²) in [7, 11) is 6.05. The quantitative estimate of drug-likeness (QED) is 0.462. The van der Waals surface area contributed by atoms with Gasteiger partial charge < -0.3 is 14.5 Å². The maximum Gasteiger partial charge on any atom is 0.237 e. The number of rotatable bonds is 2. The van der Waals surface area contributed by atoms with Crippen LogP contribution in [0.4, 0.5) is 17.2 Å². The van der Waals surface area contributed by atoms with E-state index >= 15 is 0 Å². The third-order valence-electron chi connectivity index (χ3n) is 6.08. The molecule has 2 aliphatic heterocycles. The first-order valence-electron chi connectivity index (χ1n) is 10.8. The number of anilines is 3. The zero-order chi connectivity index (χ0) is 21.7. The van der Waals surface area contributed by atoms with Crippen molar-refractivity contribution in [3.05, 3.63) is 65.6 Å². The van der Waals surface area contributed by atoms with Gasteiger partial charge in [0.15, 0.2) is 7.85 Å². The maximum atomic E-state index is 6.05. The van der Waals surface area contributed by atoms with Crippen LogP contribution in [0.25, 0.3) is 10.9 Å². The minimum absolute atomic E-state index is 0.298. The summed E-state index contributed by atoms with van der Waals surface area (Å²) in [5.41, 5.74) is 6.69. The van der Waals surface area contributed by atoms with E-state index in [1.54, 1.807) is 6.20 Å². The van der Waals surface area contributed by atoms with E-state index < -0.39 is 0 Å². The molecule has 5 heterocycles. The lowest BCUT2D eigenvalue weighted by atomic mass is 10.0. The lowest BCUT2D eigenvalue weighted by molar-refractivity contribution is 0.301. The predicted molar refractivity (Wildman–Crippen MR) is 125 cm³/mol. The number of fused-ring (bicyclic) bond motifs is 3. The van der Waals surface area contributed by atoms with Crippen molar-refractivity contribution in [2.75, 3.05) is 29.5 Å². The number of aromatic nitrogens is 4. The number of aryl methyl sites for hydroxylation is 1. The Hall–Kier alpha value is -3.68. The third kappa shape index (κ3) is 3.23. The van der Waals surface area contributed by atoms with Crippen molar-refractivity contribution in [3.63, 3.8) is 0 Å². The molecule has 0 unspecified atom stereocenters. The molecule has 6 rings (SSSR count). The fraction of sp³-hybridized carbons (Fsp3) is 0.250. The summed E-state index contributed by atoms with van der Waals surface area (Å²) in [5.74, 6) is 1.55. The molecular weight excluding hydrogens is 399 g/mol.